The van der Waals surface area contributed by atoms with E-state index in [9.17, 15) is 14.4 Å². The molecule has 2 aromatic rings. The van der Waals surface area contributed by atoms with Crippen molar-refractivity contribution in [3.8, 4) is 5.75 Å². The van der Waals surface area contributed by atoms with E-state index in [1.807, 2.05) is 19.1 Å². The maximum absolute atomic E-state index is 13.0. The largest absolute Gasteiger partial charge is 0.420 e. The summed E-state index contributed by atoms with van der Waals surface area (Å²) in [4.78, 5) is 39.8. The molecule has 2 amide bonds. The van der Waals surface area contributed by atoms with Gasteiger partial charge in [0.25, 0.3) is 0 Å². The van der Waals surface area contributed by atoms with Crippen molar-refractivity contribution in [2.75, 3.05) is 4.90 Å². The highest BCUT2D eigenvalue weighted by Gasteiger charge is 2.51. The van der Waals surface area contributed by atoms with E-state index >= 15 is 0 Å². The van der Waals surface area contributed by atoms with Gasteiger partial charge in [-0.2, -0.15) is 0 Å². The first-order valence-corrected chi connectivity index (χ1v) is 9.35. The van der Waals surface area contributed by atoms with E-state index in [4.69, 9.17) is 4.74 Å². The molecule has 6 heteroatoms. The number of hydrogen-bond acceptors (Lipinski definition) is 5. The second kappa shape index (κ2) is 6.53. The number of anilines is 1. The molecule has 1 aliphatic heterocycles. The second-order valence-corrected chi connectivity index (χ2v) is 7.45. The number of thiophene rings is 1. The molecule has 1 aromatic heterocycles. The molecule has 1 aliphatic carbocycles. The van der Waals surface area contributed by atoms with Crippen LogP contribution in [0.15, 0.2) is 53.9 Å². The van der Waals surface area contributed by atoms with Gasteiger partial charge < -0.3 is 4.74 Å². The third-order valence-electron chi connectivity index (χ3n) is 4.90. The maximum atomic E-state index is 13.0. The number of allylic oxidation sites excluding steroid dienone is 2. The number of amides is 2. The molecule has 5 nitrogen and oxygen atoms in total. The van der Waals surface area contributed by atoms with Crippen LogP contribution in [0.3, 0.4) is 0 Å². The summed E-state index contributed by atoms with van der Waals surface area (Å²) >= 11 is 1.28. The van der Waals surface area contributed by atoms with Crippen LogP contribution in [0.25, 0.3) is 0 Å². The van der Waals surface area contributed by atoms with Crippen molar-refractivity contribution in [2.45, 2.75) is 13.3 Å². The Labute approximate surface area is 154 Å². The number of carbonyl (C=O) groups excluding carboxylic acids is 3. The van der Waals surface area contributed by atoms with Crippen molar-refractivity contribution in [1.82, 2.24) is 0 Å². The number of fused-ring (bicyclic) bond motifs is 1. The topological polar surface area (TPSA) is 63.7 Å². The SMILES string of the molecule is C[C@@H]1C=CC[C@H]2C(=O)N(c3ccccc3OC(=O)c3cccs3)C(=O)[C@H]12. The monoisotopic (exact) mass is 367 g/mol. The Balaban J connectivity index is 1.67. The molecule has 0 bridgehead atoms. The Morgan fingerprint density at radius 2 is 1.96 bits per heavy atom. The molecule has 2 heterocycles. The highest BCUT2D eigenvalue weighted by Crippen LogP contribution is 2.42. The summed E-state index contributed by atoms with van der Waals surface area (Å²) in [6.45, 7) is 1.95. The molecular weight excluding hydrogens is 350 g/mol. The van der Waals surface area contributed by atoms with Crippen molar-refractivity contribution < 1.29 is 19.1 Å². The Morgan fingerprint density at radius 1 is 1.15 bits per heavy atom. The van der Waals surface area contributed by atoms with Crippen LogP contribution in [0.5, 0.6) is 5.75 Å². The van der Waals surface area contributed by atoms with Gasteiger partial charge in [-0.1, -0.05) is 37.3 Å². The van der Waals surface area contributed by atoms with Crippen molar-refractivity contribution in [3.63, 3.8) is 0 Å². The number of para-hydroxylation sites is 2. The quantitative estimate of drug-likeness (QED) is 0.359. The van der Waals surface area contributed by atoms with Crippen LogP contribution < -0.4 is 9.64 Å². The number of esters is 1. The number of rotatable bonds is 3. The van der Waals surface area contributed by atoms with Gasteiger partial charge in [0.1, 0.15) is 4.88 Å². The minimum absolute atomic E-state index is 0.0102. The highest BCUT2D eigenvalue weighted by atomic mass is 32.1. The zero-order valence-corrected chi connectivity index (χ0v) is 14.9. The van der Waals surface area contributed by atoms with Gasteiger partial charge in [-0.15, -0.1) is 11.3 Å². The Bertz CT molecular complexity index is 902. The lowest BCUT2D eigenvalue weighted by molar-refractivity contribution is -0.122. The zero-order chi connectivity index (χ0) is 18.3. The minimum atomic E-state index is -0.501. The van der Waals surface area contributed by atoms with E-state index in [1.54, 1.807) is 41.8 Å². The predicted molar refractivity (Wildman–Crippen MR) is 98.1 cm³/mol. The van der Waals surface area contributed by atoms with Gasteiger partial charge in [-0.05, 0) is 35.9 Å². The number of nitrogens with zero attached hydrogens (tertiary/aromatic N) is 1. The van der Waals surface area contributed by atoms with Gasteiger partial charge in [-0.3, -0.25) is 9.59 Å². The van der Waals surface area contributed by atoms with Crippen molar-refractivity contribution in [1.29, 1.82) is 0 Å². The van der Waals surface area contributed by atoms with Gasteiger partial charge in [-0.25, -0.2) is 9.69 Å². The predicted octanol–water partition coefficient (Wildman–Crippen LogP) is 3.67. The summed E-state index contributed by atoms with van der Waals surface area (Å²) in [6, 6.07) is 10.1. The molecule has 26 heavy (non-hydrogen) atoms. The summed E-state index contributed by atoms with van der Waals surface area (Å²) in [6.07, 6.45) is 4.51. The van der Waals surface area contributed by atoms with Gasteiger partial charge in [0.05, 0.1) is 17.5 Å². The van der Waals surface area contributed by atoms with Crippen LogP contribution in [0.2, 0.25) is 0 Å². The van der Waals surface area contributed by atoms with E-state index in [2.05, 4.69) is 0 Å². The number of carbonyl (C=O) groups is 3. The highest BCUT2D eigenvalue weighted by molar-refractivity contribution is 7.12. The Morgan fingerprint density at radius 3 is 2.69 bits per heavy atom. The molecule has 0 spiro atoms. The molecule has 1 saturated heterocycles. The molecule has 0 unspecified atom stereocenters. The van der Waals surface area contributed by atoms with Crippen LogP contribution in [-0.4, -0.2) is 17.8 Å². The van der Waals surface area contributed by atoms with Crippen molar-refractivity contribution in [2.24, 2.45) is 17.8 Å². The third-order valence-corrected chi connectivity index (χ3v) is 5.75. The summed E-state index contributed by atoms with van der Waals surface area (Å²) in [7, 11) is 0. The maximum Gasteiger partial charge on any atom is 0.353 e. The minimum Gasteiger partial charge on any atom is -0.420 e. The molecular formula is C20H17NO4S. The smallest absolute Gasteiger partial charge is 0.353 e. The molecule has 132 valence electrons. The fourth-order valence-corrected chi connectivity index (χ4v) is 4.26. The van der Waals surface area contributed by atoms with Gasteiger partial charge >= 0.3 is 5.97 Å². The molecule has 3 atom stereocenters. The van der Waals surface area contributed by atoms with Gasteiger partial charge in [0, 0.05) is 0 Å². The molecule has 1 aromatic carbocycles. The molecule has 0 radical (unpaired) electrons. The fourth-order valence-electron chi connectivity index (χ4n) is 3.66. The summed E-state index contributed by atoms with van der Waals surface area (Å²) in [5.41, 5.74) is 0.328. The van der Waals surface area contributed by atoms with E-state index in [0.29, 0.717) is 17.0 Å². The third kappa shape index (κ3) is 2.66. The van der Waals surface area contributed by atoms with E-state index in [1.165, 1.54) is 16.2 Å². The first kappa shape index (κ1) is 16.7. The van der Waals surface area contributed by atoms with Gasteiger partial charge in [0.15, 0.2) is 5.75 Å². The Hall–Kier alpha value is -2.73. The first-order chi connectivity index (χ1) is 12.6. The van der Waals surface area contributed by atoms with Gasteiger partial charge in [0.2, 0.25) is 11.8 Å². The molecule has 4 rings (SSSR count). The number of hydrogen-bond donors (Lipinski definition) is 0. The lowest BCUT2D eigenvalue weighted by Crippen LogP contribution is -2.32. The number of benzene rings is 1. The fraction of sp³-hybridized carbons (Fsp3) is 0.250. The van der Waals surface area contributed by atoms with Crippen molar-refractivity contribution >= 4 is 34.8 Å². The van der Waals surface area contributed by atoms with Crippen LogP contribution in [-0.2, 0) is 9.59 Å². The lowest BCUT2D eigenvalue weighted by atomic mass is 9.78. The molecule has 1 fully saturated rings. The Kier molecular flexibility index (Phi) is 4.20. The van der Waals surface area contributed by atoms with Crippen LogP contribution in [0.4, 0.5) is 5.69 Å². The van der Waals surface area contributed by atoms with E-state index in [-0.39, 0.29) is 35.3 Å². The number of imide groups is 1. The first-order valence-electron chi connectivity index (χ1n) is 8.47. The molecule has 0 N–H and O–H groups in total. The second-order valence-electron chi connectivity index (χ2n) is 6.50. The normalized spacial score (nSPS) is 24.7. The summed E-state index contributed by atoms with van der Waals surface area (Å²) < 4.78 is 5.49. The summed E-state index contributed by atoms with van der Waals surface area (Å²) in [5, 5.41) is 1.79. The van der Waals surface area contributed by atoms with Crippen LogP contribution in [0, 0.1) is 17.8 Å². The van der Waals surface area contributed by atoms with Crippen LogP contribution in [0.1, 0.15) is 23.0 Å². The molecule has 2 aliphatic rings. The molecule has 0 saturated carbocycles. The van der Waals surface area contributed by atoms with E-state index < -0.39 is 5.97 Å². The average molecular weight is 367 g/mol. The zero-order valence-electron chi connectivity index (χ0n) is 14.1. The summed E-state index contributed by atoms with van der Waals surface area (Å²) in [5.74, 6) is -1.42. The standard InChI is InChI=1S/C20H17NO4S/c1-12-6-4-7-13-17(12)19(23)21(18(13)22)14-8-2-3-9-15(14)25-20(24)16-10-5-11-26-16/h2-6,8-13,17H,7H2,1H3/t12-,13-,17-/m1/s1. The average Bonchev–Trinajstić information content (AvgIpc) is 3.25. The number of ether oxygens (including phenoxy) is 1. The van der Waals surface area contributed by atoms with Crippen LogP contribution >= 0.6 is 11.3 Å². The van der Waals surface area contributed by atoms with Crippen molar-refractivity contribution in [3.05, 3.63) is 58.8 Å². The lowest BCUT2D eigenvalue weighted by Gasteiger charge is -2.22. The van der Waals surface area contributed by atoms with E-state index in [0.717, 1.165) is 0 Å².